The van der Waals surface area contributed by atoms with Gasteiger partial charge in [-0.3, -0.25) is 0 Å². The minimum absolute atomic E-state index is 0.0415. The van der Waals surface area contributed by atoms with Gasteiger partial charge < -0.3 is 10.2 Å². The number of amides is 2. The molecule has 5 heteroatoms. The molecular weight excluding hydrogens is 287 g/mol. The van der Waals surface area contributed by atoms with E-state index in [1.165, 1.54) is 25.3 Å². The molecule has 1 N–H and O–H groups in total. The van der Waals surface area contributed by atoms with Gasteiger partial charge >= 0.3 is 6.03 Å². The van der Waals surface area contributed by atoms with Gasteiger partial charge in [-0.1, -0.05) is 37.5 Å². The summed E-state index contributed by atoms with van der Waals surface area (Å²) >= 11 is 1.63. The van der Waals surface area contributed by atoms with Crippen molar-refractivity contribution in [2.24, 2.45) is 0 Å². The van der Waals surface area contributed by atoms with Crippen LogP contribution in [0.2, 0.25) is 0 Å². The van der Waals surface area contributed by atoms with Crippen LogP contribution in [-0.4, -0.2) is 29.3 Å². The van der Waals surface area contributed by atoms with Crippen LogP contribution in [0.25, 0.3) is 0 Å². The number of urea groups is 1. The Balaban J connectivity index is 1.68. The molecule has 0 radical (unpaired) electrons. The van der Waals surface area contributed by atoms with Crippen LogP contribution in [0.4, 0.5) is 9.18 Å². The summed E-state index contributed by atoms with van der Waals surface area (Å²) in [6.07, 6.45) is 5.78. The summed E-state index contributed by atoms with van der Waals surface area (Å²) in [7, 11) is 0. The van der Waals surface area contributed by atoms with Crippen molar-refractivity contribution < 1.29 is 9.18 Å². The van der Waals surface area contributed by atoms with Crippen LogP contribution in [0, 0.1) is 5.82 Å². The highest BCUT2D eigenvalue weighted by Crippen LogP contribution is 2.39. The second-order valence-corrected chi connectivity index (χ2v) is 6.91. The zero-order valence-corrected chi connectivity index (χ0v) is 12.9. The Labute approximate surface area is 129 Å². The summed E-state index contributed by atoms with van der Waals surface area (Å²) < 4.78 is 14.0. The summed E-state index contributed by atoms with van der Waals surface area (Å²) in [4.78, 5) is 14.3. The molecule has 3 rings (SSSR count). The van der Waals surface area contributed by atoms with E-state index in [2.05, 4.69) is 5.32 Å². The van der Waals surface area contributed by atoms with Gasteiger partial charge in [0.1, 0.15) is 11.2 Å². The van der Waals surface area contributed by atoms with Crippen LogP contribution in [0.3, 0.4) is 0 Å². The fourth-order valence-corrected chi connectivity index (χ4v) is 4.39. The largest absolute Gasteiger partial charge is 0.335 e. The molecule has 114 valence electrons. The quantitative estimate of drug-likeness (QED) is 0.898. The standard InChI is InChI=1S/C16H21FN2OS/c17-14-9-5-4-8-13(14)15-19(10-11-21-15)16(20)18-12-6-2-1-3-7-12/h4-5,8-9,12,15H,1-3,6-7,10-11H2,(H,18,20). The number of thioether (sulfide) groups is 1. The Morgan fingerprint density at radius 3 is 2.76 bits per heavy atom. The van der Waals surface area contributed by atoms with Crippen molar-refractivity contribution in [1.29, 1.82) is 0 Å². The summed E-state index contributed by atoms with van der Waals surface area (Å²) in [6.45, 7) is 0.683. The Hall–Kier alpha value is -1.23. The summed E-state index contributed by atoms with van der Waals surface area (Å²) in [6, 6.07) is 7.00. The van der Waals surface area contributed by atoms with E-state index in [0.29, 0.717) is 12.1 Å². The number of hydrogen-bond acceptors (Lipinski definition) is 2. The minimum Gasteiger partial charge on any atom is -0.335 e. The lowest BCUT2D eigenvalue weighted by Gasteiger charge is -2.29. The predicted molar refractivity (Wildman–Crippen MR) is 83.7 cm³/mol. The number of nitrogens with one attached hydrogen (secondary N) is 1. The number of halogens is 1. The first-order chi connectivity index (χ1) is 10.3. The maximum absolute atomic E-state index is 14.0. The van der Waals surface area contributed by atoms with E-state index in [4.69, 9.17) is 0 Å². The average molecular weight is 308 g/mol. The molecule has 2 amide bonds. The molecule has 1 atom stereocenters. The normalized spacial score (nSPS) is 23.3. The molecule has 1 saturated carbocycles. The summed E-state index contributed by atoms with van der Waals surface area (Å²) in [5, 5.41) is 2.93. The van der Waals surface area contributed by atoms with Crippen molar-refractivity contribution >= 4 is 17.8 Å². The van der Waals surface area contributed by atoms with Gasteiger partial charge in [0.25, 0.3) is 0 Å². The van der Waals surface area contributed by atoms with Gasteiger partial charge in [-0.25, -0.2) is 9.18 Å². The molecule has 3 nitrogen and oxygen atoms in total. The fraction of sp³-hybridized carbons (Fsp3) is 0.562. The lowest BCUT2D eigenvalue weighted by atomic mass is 9.96. The topological polar surface area (TPSA) is 32.3 Å². The first-order valence-electron chi connectivity index (χ1n) is 7.69. The summed E-state index contributed by atoms with van der Waals surface area (Å²) in [5.41, 5.74) is 0.610. The smallest absolute Gasteiger partial charge is 0.318 e. The maximum Gasteiger partial charge on any atom is 0.318 e. The number of hydrogen-bond donors (Lipinski definition) is 1. The van der Waals surface area contributed by atoms with Crippen molar-refractivity contribution in [1.82, 2.24) is 10.2 Å². The molecule has 1 heterocycles. The molecule has 2 aliphatic rings. The van der Waals surface area contributed by atoms with Crippen molar-refractivity contribution in [3.8, 4) is 0 Å². The van der Waals surface area contributed by atoms with Crippen LogP contribution in [-0.2, 0) is 0 Å². The Kier molecular flexibility index (Phi) is 4.68. The average Bonchev–Trinajstić information content (AvgIpc) is 2.98. The fourth-order valence-electron chi connectivity index (χ4n) is 3.12. The monoisotopic (exact) mass is 308 g/mol. The molecule has 1 aromatic carbocycles. The van der Waals surface area contributed by atoms with Gasteiger partial charge in [-0.05, 0) is 18.9 Å². The van der Waals surface area contributed by atoms with E-state index in [0.717, 1.165) is 18.6 Å². The molecule has 1 unspecified atom stereocenters. The molecule has 0 spiro atoms. The molecule has 1 aromatic rings. The van der Waals surface area contributed by atoms with Crippen LogP contribution >= 0.6 is 11.8 Å². The third-order valence-corrected chi connectivity index (χ3v) is 5.50. The van der Waals surface area contributed by atoms with Crippen molar-refractivity contribution in [3.05, 3.63) is 35.6 Å². The van der Waals surface area contributed by atoms with Gasteiger partial charge in [0, 0.05) is 23.9 Å². The van der Waals surface area contributed by atoms with Crippen molar-refractivity contribution in [2.75, 3.05) is 12.3 Å². The maximum atomic E-state index is 14.0. The van der Waals surface area contributed by atoms with E-state index in [9.17, 15) is 9.18 Å². The highest BCUT2D eigenvalue weighted by Gasteiger charge is 2.33. The molecular formula is C16H21FN2OS. The van der Waals surface area contributed by atoms with E-state index >= 15 is 0 Å². The minimum atomic E-state index is -0.229. The summed E-state index contributed by atoms with van der Waals surface area (Å²) in [5.74, 6) is 0.629. The van der Waals surface area contributed by atoms with Gasteiger partial charge in [0.05, 0.1) is 0 Å². The highest BCUT2D eigenvalue weighted by atomic mass is 32.2. The van der Waals surface area contributed by atoms with Gasteiger partial charge in [-0.2, -0.15) is 0 Å². The van der Waals surface area contributed by atoms with E-state index in [1.54, 1.807) is 28.8 Å². The van der Waals surface area contributed by atoms with E-state index < -0.39 is 0 Å². The second-order valence-electron chi connectivity index (χ2n) is 5.72. The first-order valence-corrected chi connectivity index (χ1v) is 8.74. The van der Waals surface area contributed by atoms with Crippen molar-refractivity contribution in [3.63, 3.8) is 0 Å². The van der Waals surface area contributed by atoms with Gasteiger partial charge in [-0.15, -0.1) is 11.8 Å². The SMILES string of the molecule is O=C(NC1CCCCC1)N1CCSC1c1ccccc1F. The lowest BCUT2D eigenvalue weighted by Crippen LogP contribution is -2.45. The Morgan fingerprint density at radius 2 is 2.00 bits per heavy atom. The molecule has 0 bridgehead atoms. The molecule has 2 fully saturated rings. The van der Waals surface area contributed by atoms with Crippen LogP contribution in [0.1, 0.15) is 43.0 Å². The third-order valence-electron chi connectivity index (χ3n) is 4.26. The van der Waals surface area contributed by atoms with Crippen LogP contribution in [0.5, 0.6) is 0 Å². The Morgan fingerprint density at radius 1 is 1.24 bits per heavy atom. The molecule has 1 aliphatic carbocycles. The predicted octanol–water partition coefficient (Wildman–Crippen LogP) is 3.92. The molecule has 0 aromatic heterocycles. The van der Waals surface area contributed by atoms with Crippen molar-refractivity contribution in [2.45, 2.75) is 43.5 Å². The van der Waals surface area contributed by atoms with Gasteiger partial charge in [0.15, 0.2) is 0 Å². The zero-order valence-electron chi connectivity index (χ0n) is 12.1. The zero-order chi connectivity index (χ0) is 14.7. The number of carbonyl (C=O) groups is 1. The number of carbonyl (C=O) groups excluding carboxylic acids is 1. The second kappa shape index (κ2) is 6.69. The number of rotatable bonds is 2. The third kappa shape index (κ3) is 3.34. The highest BCUT2D eigenvalue weighted by molar-refractivity contribution is 7.99. The van der Waals surface area contributed by atoms with E-state index in [-0.39, 0.29) is 23.3 Å². The van der Waals surface area contributed by atoms with Crippen LogP contribution < -0.4 is 5.32 Å². The number of benzene rings is 1. The molecule has 21 heavy (non-hydrogen) atoms. The molecule has 1 aliphatic heterocycles. The molecule has 1 saturated heterocycles. The number of nitrogens with zero attached hydrogens (tertiary/aromatic N) is 1. The van der Waals surface area contributed by atoms with Crippen LogP contribution in [0.15, 0.2) is 24.3 Å². The first kappa shape index (κ1) is 14.7. The van der Waals surface area contributed by atoms with Gasteiger partial charge in [0.2, 0.25) is 0 Å². The Bertz CT molecular complexity index is 505. The lowest BCUT2D eigenvalue weighted by molar-refractivity contribution is 0.191. The van der Waals surface area contributed by atoms with E-state index in [1.807, 2.05) is 6.07 Å².